The van der Waals surface area contributed by atoms with Crippen molar-refractivity contribution in [3.05, 3.63) is 35.9 Å². The molecule has 1 aromatic carbocycles. The van der Waals surface area contributed by atoms with Crippen LogP contribution in [0.4, 0.5) is 0 Å². The van der Waals surface area contributed by atoms with Crippen molar-refractivity contribution in [3.8, 4) is 0 Å². The summed E-state index contributed by atoms with van der Waals surface area (Å²) in [5.74, 6) is 0. The number of nitrogens with zero attached hydrogens (tertiary/aromatic N) is 1. The molecule has 0 radical (unpaired) electrons. The highest BCUT2D eigenvalue weighted by molar-refractivity contribution is 5.15. The van der Waals surface area contributed by atoms with Crippen LogP contribution in [0.25, 0.3) is 0 Å². The van der Waals surface area contributed by atoms with Crippen molar-refractivity contribution < 1.29 is 0 Å². The fourth-order valence-corrected chi connectivity index (χ4v) is 2.70. The predicted molar refractivity (Wildman–Crippen MR) is 68.4 cm³/mol. The zero-order valence-corrected chi connectivity index (χ0v) is 10.3. The normalized spacial score (nSPS) is 30.8. The molecule has 1 fully saturated rings. The molecule has 0 aromatic heterocycles. The van der Waals surface area contributed by atoms with Crippen LogP contribution in [0, 0.1) is 0 Å². The van der Waals surface area contributed by atoms with Gasteiger partial charge in [-0.15, -0.1) is 0 Å². The topological polar surface area (TPSA) is 29.3 Å². The second-order valence-electron chi connectivity index (χ2n) is 4.96. The molecule has 1 heterocycles. The molecule has 0 unspecified atom stereocenters. The molecule has 1 saturated heterocycles. The van der Waals surface area contributed by atoms with E-state index in [0.717, 1.165) is 19.4 Å². The van der Waals surface area contributed by atoms with Crippen molar-refractivity contribution in [3.63, 3.8) is 0 Å². The Labute approximate surface area is 98.4 Å². The highest BCUT2D eigenvalue weighted by atomic mass is 15.2. The maximum atomic E-state index is 6.09. The minimum Gasteiger partial charge on any atom is -0.326 e. The zero-order valence-electron chi connectivity index (χ0n) is 10.3. The highest BCUT2D eigenvalue weighted by Gasteiger charge is 2.32. The van der Waals surface area contributed by atoms with Crippen LogP contribution in [0.3, 0.4) is 0 Å². The predicted octanol–water partition coefficient (Wildman–Crippen LogP) is 2.04. The number of hydrogen-bond acceptors (Lipinski definition) is 2. The Bertz CT molecular complexity index is 323. The van der Waals surface area contributed by atoms with Gasteiger partial charge in [-0.25, -0.2) is 0 Å². The summed E-state index contributed by atoms with van der Waals surface area (Å²) in [5.41, 5.74) is 7.51. The van der Waals surface area contributed by atoms with Crippen LogP contribution in [0.2, 0.25) is 0 Å². The molecule has 0 saturated carbocycles. The van der Waals surface area contributed by atoms with E-state index < -0.39 is 0 Å². The van der Waals surface area contributed by atoms with E-state index in [2.05, 4.69) is 49.1 Å². The van der Waals surface area contributed by atoms with E-state index in [1.807, 2.05) is 0 Å². The van der Waals surface area contributed by atoms with Crippen molar-refractivity contribution in [1.29, 1.82) is 0 Å². The molecule has 3 atom stereocenters. The summed E-state index contributed by atoms with van der Waals surface area (Å²) in [6.45, 7) is 5.66. The fourth-order valence-electron chi connectivity index (χ4n) is 2.70. The minimum atomic E-state index is 0.353. The fraction of sp³-hybridized carbons (Fsp3) is 0.571. The molecule has 16 heavy (non-hydrogen) atoms. The van der Waals surface area contributed by atoms with E-state index in [0.29, 0.717) is 18.1 Å². The van der Waals surface area contributed by atoms with Crippen LogP contribution < -0.4 is 5.73 Å². The van der Waals surface area contributed by atoms with Crippen molar-refractivity contribution in [1.82, 2.24) is 4.90 Å². The number of nitrogens with two attached hydrogens (primary N) is 1. The molecule has 0 bridgehead atoms. The standard InChI is InChI=1S/C14H22N2/c1-11-10-14(15)12(2)16(11)9-8-13-6-4-3-5-7-13/h3-7,11-12,14H,8-10,15H2,1-2H3/t11-,12+,14-/m1/s1. The summed E-state index contributed by atoms with van der Waals surface area (Å²) < 4.78 is 0. The van der Waals surface area contributed by atoms with E-state index in [-0.39, 0.29) is 0 Å². The van der Waals surface area contributed by atoms with Crippen LogP contribution in [-0.2, 0) is 6.42 Å². The molecular formula is C14H22N2. The third-order valence-electron chi connectivity index (χ3n) is 3.82. The van der Waals surface area contributed by atoms with Gasteiger partial charge in [-0.2, -0.15) is 0 Å². The Morgan fingerprint density at radius 3 is 2.50 bits per heavy atom. The Kier molecular flexibility index (Phi) is 3.62. The molecule has 2 N–H and O–H groups in total. The van der Waals surface area contributed by atoms with Gasteiger partial charge in [0.1, 0.15) is 0 Å². The summed E-state index contributed by atoms with van der Waals surface area (Å²) in [6, 6.07) is 12.2. The molecule has 2 rings (SSSR count). The summed E-state index contributed by atoms with van der Waals surface area (Å²) in [4.78, 5) is 2.54. The van der Waals surface area contributed by atoms with Gasteiger partial charge >= 0.3 is 0 Å². The van der Waals surface area contributed by atoms with Crippen LogP contribution in [0.5, 0.6) is 0 Å². The quantitative estimate of drug-likeness (QED) is 0.841. The van der Waals surface area contributed by atoms with Crippen molar-refractivity contribution >= 4 is 0 Å². The lowest BCUT2D eigenvalue weighted by atomic mass is 10.1. The maximum Gasteiger partial charge on any atom is 0.0222 e. The third kappa shape index (κ3) is 2.45. The third-order valence-corrected chi connectivity index (χ3v) is 3.82. The lowest BCUT2D eigenvalue weighted by molar-refractivity contribution is 0.212. The Balaban J connectivity index is 1.91. The van der Waals surface area contributed by atoms with Gasteiger partial charge in [0.05, 0.1) is 0 Å². The summed E-state index contributed by atoms with van der Waals surface area (Å²) in [6.07, 6.45) is 2.26. The Morgan fingerprint density at radius 2 is 1.94 bits per heavy atom. The Hall–Kier alpha value is -0.860. The zero-order chi connectivity index (χ0) is 11.5. The average Bonchev–Trinajstić information content (AvgIpc) is 2.53. The summed E-state index contributed by atoms with van der Waals surface area (Å²) >= 11 is 0. The highest BCUT2D eigenvalue weighted by Crippen LogP contribution is 2.22. The van der Waals surface area contributed by atoms with Gasteiger partial charge in [0.15, 0.2) is 0 Å². The molecule has 88 valence electrons. The van der Waals surface area contributed by atoms with E-state index in [1.54, 1.807) is 0 Å². The van der Waals surface area contributed by atoms with Crippen LogP contribution in [0.1, 0.15) is 25.8 Å². The smallest absolute Gasteiger partial charge is 0.0222 e. The van der Waals surface area contributed by atoms with Gasteiger partial charge in [-0.05, 0) is 32.3 Å². The van der Waals surface area contributed by atoms with E-state index in [9.17, 15) is 0 Å². The monoisotopic (exact) mass is 218 g/mol. The van der Waals surface area contributed by atoms with Gasteiger partial charge in [0.25, 0.3) is 0 Å². The second kappa shape index (κ2) is 4.98. The van der Waals surface area contributed by atoms with Gasteiger partial charge in [0, 0.05) is 24.7 Å². The average molecular weight is 218 g/mol. The lowest BCUT2D eigenvalue weighted by Gasteiger charge is -2.26. The molecule has 2 nitrogen and oxygen atoms in total. The first-order chi connectivity index (χ1) is 7.68. The molecule has 1 aromatic rings. The van der Waals surface area contributed by atoms with Crippen LogP contribution >= 0.6 is 0 Å². The first kappa shape index (κ1) is 11.6. The lowest BCUT2D eigenvalue weighted by Crippen LogP contribution is -2.39. The van der Waals surface area contributed by atoms with E-state index in [1.165, 1.54) is 5.56 Å². The van der Waals surface area contributed by atoms with Gasteiger partial charge in [-0.1, -0.05) is 30.3 Å². The summed E-state index contributed by atoms with van der Waals surface area (Å²) in [5, 5.41) is 0. The van der Waals surface area contributed by atoms with Crippen molar-refractivity contribution in [2.75, 3.05) is 6.54 Å². The molecular weight excluding hydrogens is 196 g/mol. The first-order valence-corrected chi connectivity index (χ1v) is 6.23. The van der Waals surface area contributed by atoms with Gasteiger partial charge in [-0.3, -0.25) is 4.90 Å². The SMILES string of the molecule is C[C@@H]1C[C@@H](N)[C@H](C)N1CCc1ccccc1. The molecule has 1 aliphatic rings. The number of hydrogen-bond donors (Lipinski definition) is 1. The molecule has 0 aliphatic carbocycles. The maximum absolute atomic E-state index is 6.09. The summed E-state index contributed by atoms with van der Waals surface area (Å²) in [7, 11) is 0. The minimum absolute atomic E-state index is 0.353. The van der Waals surface area contributed by atoms with Crippen molar-refractivity contribution in [2.24, 2.45) is 5.73 Å². The van der Waals surface area contributed by atoms with E-state index in [4.69, 9.17) is 5.73 Å². The first-order valence-electron chi connectivity index (χ1n) is 6.23. The number of likely N-dealkylation sites (tertiary alicyclic amines) is 1. The van der Waals surface area contributed by atoms with Crippen LogP contribution in [-0.4, -0.2) is 29.6 Å². The molecule has 2 heteroatoms. The van der Waals surface area contributed by atoms with Crippen LogP contribution in [0.15, 0.2) is 30.3 Å². The van der Waals surface area contributed by atoms with Gasteiger partial charge in [0.2, 0.25) is 0 Å². The second-order valence-corrected chi connectivity index (χ2v) is 4.96. The molecule has 0 amide bonds. The van der Waals surface area contributed by atoms with Gasteiger partial charge < -0.3 is 5.73 Å². The molecule has 0 spiro atoms. The molecule has 1 aliphatic heterocycles. The van der Waals surface area contributed by atoms with Crippen molar-refractivity contribution in [2.45, 2.75) is 44.8 Å². The number of benzene rings is 1. The largest absolute Gasteiger partial charge is 0.326 e. The number of rotatable bonds is 3. The van der Waals surface area contributed by atoms with E-state index >= 15 is 0 Å². The Morgan fingerprint density at radius 1 is 1.25 bits per heavy atom.